The molecule has 1 atom stereocenters. The van der Waals surface area contributed by atoms with E-state index in [0.717, 1.165) is 21.2 Å². The molecule has 2 aliphatic heterocycles. The van der Waals surface area contributed by atoms with Crippen LogP contribution in [0.2, 0.25) is 0 Å². The first-order valence-electron chi connectivity index (χ1n) is 13.5. The summed E-state index contributed by atoms with van der Waals surface area (Å²) >= 11 is 0. The number of hydrogen-bond donors (Lipinski definition) is 2. The molecule has 5 heterocycles. The van der Waals surface area contributed by atoms with E-state index >= 15 is 0 Å². The van der Waals surface area contributed by atoms with Crippen LogP contribution in [0.15, 0.2) is 67.3 Å². The van der Waals surface area contributed by atoms with Gasteiger partial charge in [-0.1, -0.05) is 30.3 Å². The Kier molecular flexibility index (Phi) is 6.84. The number of piperidine rings is 1. The molecule has 1 aromatic carbocycles. The van der Waals surface area contributed by atoms with Gasteiger partial charge in [0.05, 0.1) is 29.5 Å². The van der Waals surface area contributed by atoms with Crippen molar-refractivity contribution in [1.29, 1.82) is 0 Å². The predicted molar refractivity (Wildman–Crippen MR) is 150 cm³/mol. The smallest absolute Gasteiger partial charge is 0.364 e. The number of alkyl halides is 3. The van der Waals surface area contributed by atoms with Crippen molar-refractivity contribution < 1.29 is 27.6 Å². The zero-order chi connectivity index (χ0) is 30.5. The molecule has 220 valence electrons. The van der Waals surface area contributed by atoms with E-state index in [-0.39, 0.29) is 44.1 Å². The average molecular weight is 590 g/mol. The van der Waals surface area contributed by atoms with Gasteiger partial charge in [-0.05, 0) is 35.9 Å². The molecule has 4 aromatic rings. The summed E-state index contributed by atoms with van der Waals surface area (Å²) in [4.78, 5) is 54.1. The van der Waals surface area contributed by atoms with Gasteiger partial charge in [-0.15, -0.1) is 0 Å². The summed E-state index contributed by atoms with van der Waals surface area (Å²) in [7, 11) is 0. The second-order valence-corrected chi connectivity index (χ2v) is 10.7. The third kappa shape index (κ3) is 4.75. The van der Waals surface area contributed by atoms with Gasteiger partial charge < -0.3 is 21.3 Å². The SMILES string of the molecule is NC(=O)c1ccc(-c2c(CN3C(=O)C4(CCN(C(=O)C(N)C(F)(F)F)CC4)c4ccncc43)ncc3ccccc23)cn1. The van der Waals surface area contributed by atoms with Crippen molar-refractivity contribution >= 4 is 34.2 Å². The summed E-state index contributed by atoms with van der Waals surface area (Å²) in [6.45, 7) is -0.0404. The standard InChI is InChI=1S/C30H26F3N7O3/c31-30(32,33)25(34)27(42)39-11-8-29(9-12-39)20-7-10-36-15-23(20)40(28(29)43)16-22-24(18-5-6-21(26(35)41)37-14-18)19-4-2-1-3-17(19)13-38-22/h1-7,10,13-15,25H,8-9,11-12,16,34H2,(H2,35,41). The zero-order valence-corrected chi connectivity index (χ0v) is 22.7. The topological polar surface area (TPSA) is 148 Å². The van der Waals surface area contributed by atoms with E-state index in [9.17, 15) is 27.6 Å². The van der Waals surface area contributed by atoms with Crippen LogP contribution in [0.25, 0.3) is 21.9 Å². The van der Waals surface area contributed by atoms with Crippen molar-refractivity contribution in [2.45, 2.75) is 37.0 Å². The number of nitrogens with zero attached hydrogens (tertiary/aromatic N) is 5. The van der Waals surface area contributed by atoms with Crippen LogP contribution < -0.4 is 16.4 Å². The highest BCUT2D eigenvalue weighted by Crippen LogP contribution is 2.48. The van der Waals surface area contributed by atoms with Crippen LogP contribution in [0, 0.1) is 0 Å². The zero-order valence-electron chi connectivity index (χ0n) is 22.7. The molecule has 10 nitrogen and oxygen atoms in total. The van der Waals surface area contributed by atoms with E-state index < -0.39 is 29.4 Å². The quantitative estimate of drug-likeness (QED) is 0.363. The molecule has 2 aliphatic rings. The molecule has 1 saturated heterocycles. The highest BCUT2D eigenvalue weighted by atomic mass is 19.4. The molecule has 0 aliphatic carbocycles. The van der Waals surface area contributed by atoms with Crippen molar-refractivity contribution in [3.8, 4) is 11.1 Å². The minimum Gasteiger partial charge on any atom is -0.364 e. The fraction of sp³-hybridized carbons (Fsp3) is 0.267. The van der Waals surface area contributed by atoms with E-state index in [1.165, 1.54) is 12.3 Å². The fourth-order valence-corrected chi connectivity index (χ4v) is 6.06. The largest absolute Gasteiger partial charge is 0.412 e. The second-order valence-electron chi connectivity index (χ2n) is 10.7. The van der Waals surface area contributed by atoms with E-state index in [1.54, 1.807) is 35.6 Å². The van der Waals surface area contributed by atoms with Crippen molar-refractivity contribution in [3.05, 3.63) is 84.2 Å². The van der Waals surface area contributed by atoms with Gasteiger partial charge in [0, 0.05) is 48.2 Å². The Morgan fingerprint density at radius 3 is 2.42 bits per heavy atom. The number of anilines is 1. The molecule has 1 spiro atoms. The number of nitrogens with two attached hydrogens (primary N) is 2. The molecule has 0 radical (unpaired) electrons. The van der Waals surface area contributed by atoms with Crippen LogP contribution in [0.3, 0.4) is 0 Å². The van der Waals surface area contributed by atoms with Crippen LogP contribution in [0.4, 0.5) is 18.9 Å². The molecule has 1 unspecified atom stereocenters. The number of aromatic nitrogens is 3. The van der Waals surface area contributed by atoms with Gasteiger partial charge in [0.25, 0.3) is 5.91 Å². The number of benzene rings is 1. The maximum Gasteiger partial charge on any atom is 0.412 e. The van der Waals surface area contributed by atoms with Gasteiger partial charge >= 0.3 is 6.18 Å². The van der Waals surface area contributed by atoms with Gasteiger partial charge in [0.1, 0.15) is 5.69 Å². The van der Waals surface area contributed by atoms with Crippen LogP contribution in [-0.2, 0) is 21.5 Å². The highest BCUT2D eigenvalue weighted by Gasteiger charge is 2.54. The first-order chi connectivity index (χ1) is 20.5. The van der Waals surface area contributed by atoms with Gasteiger partial charge in [0.2, 0.25) is 11.8 Å². The number of halogens is 3. The number of fused-ring (bicyclic) bond motifs is 3. The molecule has 3 amide bonds. The molecular formula is C30H26F3N7O3. The van der Waals surface area contributed by atoms with Gasteiger partial charge in [-0.2, -0.15) is 13.2 Å². The Balaban J connectivity index is 1.36. The first-order valence-corrected chi connectivity index (χ1v) is 13.5. The van der Waals surface area contributed by atoms with E-state index in [4.69, 9.17) is 16.5 Å². The number of carbonyl (C=O) groups is 3. The summed E-state index contributed by atoms with van der Waals surface area (Å²) < 4.78 is 39.3. The highest BCUT2D eigenvalue weighted by molar-refractivity contribution is 6.08. The third-order valence-corrected chi connectivity index (χ3v) is 8.30. The van der Waals surface area contributed by atoms with Crippen molar-refractivity contribution in [2.75, 3.05) is 18.0 Å². The molecule has 3 aromatic heterocycles. The molecule has 43 heavy (non-hydrogen) atoms. The van der Waals surface area contributed by atoms with Gasteiger partial charge in [0.15, 0.2) is 6.04 Å². The monoisotopic (exact) mass is 589 g/mol. The van der Waals surface area contributed by atoms with Crippen LogP contribution >= 0.6 is 0 Å². The predicted octanol–water partition coefficient (Wildman–Crippen LogP) is 3.09. The Morgan fingerprint density at radius 2 is 1.74 bits per heavy atom. The Labute approximate surface area is 243 Å². The molecule has 13 heteroatoms. The molecule has 6 rings (SSSR count). The Bertz CT molecular complexity index is 1750. The van der Waals surface area contributed by atoms with Gasteiger partial charge in [-0.3, -0.25) is 29.3 Å². The third-order valence-electron chi connectivity index (χ3n) is 8.30. The van der Waals surface area contributed by atoms with E-state index in [1.807, 2.05) is 24.3 Å². The Morgan fingerprint density at radius 1 is 1.00 bits per heavy atom. The van der Waals surface area contributed by atoms with Crippen molar-refractivity contribution in [2.24, 2.45) is 11.5 Å². The van der Waals surface area contributed by atoms with Gasteiger partial charge in [-0.25, -0.2) is 0 Å². The molecule has 0 bridgehead atoms. The van der Waals surface area contributed by atoms with Crippen molar-refractivity contribution in [1.82, 2.24) is 19.9 Å². The summed E-state index contributed by atoms with van der Waals surface area (Å²) in [6.07, 6.45) is 1.81. The normalized spacial score (nSPS) is 16.9. The number of amides is 3. The van der Waals surface area contributed by atoms with E-state index in [0.29, 0.717) is 22.5 Å². The number of pyridine rings is 3. The lowest BCUT2D eigenvalue weighted by Gasteiger charge is -2.39. The Hall–Kier alpha value is -4.91. The summed E-state index contributed by atoms with van der Waals surface area (Å²) in [5.74, 6) is -2.11. The molecule has 4 N–H and O–H groups in total. The minimum atomic E-state index is -4.86. The van der Waals surface area contributed by atoms with Crippen molar-refractivity contribution in [3.63, 3.8) is 0 Å². The second kappa shape index (κ2) is 10.4. The number of rotatable bonds is 5. The summed E-state index contributed by atoms with van der Waals surface area (Å²) in [5, 5.41) is 1.72. The maximum absolute atomic E-state index is 14.2. The lowest BCUT2D eigenvalue weighted by atomic mass is 9.74. The lowest BCUT2D eigenvalue weighted by molar-refractivity contribution is -0.171. The van der Waals surface area contributed by atoms with Crippen LogP contribution in [-0.4, -0.2) is 62.9 Å². The number of hydrogen-bond acceptors (Lipinski definition) is 7. The minimum absolute atomic E-state index is 0.0543. The molecule has 1 fully saturated rings. The summed E-state index contributed by atoms with van der Waals surface area (Å²) in [5.41, 5.74) is 12.9. The number of carbonyl (C=O) groups excluding carboxylic acids is 3. The molecule has 0 saturated carbocycles. The summed E-state index contributed by atoms with van der Waals surface area (Å²) in [6, 6.07) is 9.99. The maximum atomic E-state index is 14.2. The van der Waals surface area contributed by atoms with E-state index in [2.05, 4.69) is 9.97 Å². The first kappa shape index (κ1) is 28.2. The van der Waals surface area contributed by atoms with Crippen LogP contribution in [0.1, 0.15) is 34.6 Å². The molecular weight excluding hydrogens is 563 g/mol. The fourth-order valence-electron chi connectivity index (χ4n) is 6.06. The lowest BCUT2D eigenvalue weighted by Crippen LogP contribution is -2.56. The number of primary amides is 1. The average Bonchev–Trinajstić information content (AvgIpc) is 3.23. The number of likely N-dealkylation sites (tertiary alicyclic amines) is 1. The van der Waals surface area contributed by atoms with Crippen LogP contribution in [0.5, 0.6) is 0 Å².